The summed E-state index contributed by atoms with van der Waals surface area (Å²) in [4.78, 5) is 15.6. The molecule has 0 unspecified atom stereocenters. The zero-order chi connectivity index (χ0) is 13.8. The molecule has 1 fully saturated rings. The lowest BCUT2D eigenvalue weighted by Gasteiger charge is -2.35. The highest BCUT2D eigenvalue weighted by atomic mass is 35.5. The molecule has 0 atom stereocenters. The van der Waals surface area contributed by atoms with E-state index in [1.54, 1.807) is 0 Å². The Balaban J connectivity index is 1.89. The fraction of sp³-hybridized carbons (Fsp3) is 0.692. The smallest absolute Gasteiger partial charge is 0.134 e. The summed E-state index contributed by atoms with van der Waals surface area (Å²) in [7, 11) is 4.23. The number of aromatic nitrogens is 2. The fourth-order valence-electron chi connectivity index (χ4n) is 2.22. The van der Waals surface area contributed by atoms with Crippen LogP contribution < -0.4 is 4.90 Å². The number of piperazine rings is 1. The molecular weight excluding hydrogens is 262 g/mol. The van der Waals surface area contributed by atoms with Crippen molar-refractivity contribution in [3.63, 3.8) is 0 Å². The molecule has 2 heterocycles. The second-order valence-electron chi connectivity index (χ2n) is 5.23. The number of anilines is 1. The van der Waals surface area contributed by atoms with Crippen molar-refractivity contribution in [2.24, 2.45) is 0 Å². The molecule has 2 rings (SSSR count). The van der Waals surface area contributed by atoms with Crippen molar-refractivity contribution in [3.8, 4) is 0 Å². The quantitative estimate of drug-likeness (QED) is 0.774. The Morgan fingerprint density at radius 3 is 2.47 bits per heavy atom. The van der Waals surface area contributed by atoms with E-state index in [-0.39, 0.29) is 0 Å². The molecule has 0 saturated carbocycles. The summed E-state index contributed by atoms with van der Waals surface area (Å²) in [5.41, 5.74) is 0. The molecule has 0 bridgehead atoms. The first-order valence-electron chi connectivity index (χ1n) is 6.68. The van der Waals surface area contributed by atoms with Gasteiger partial charge < -0.3 is 9.80 Å². The van der Waals surface area contributed by atoms with E-state index in [1.807, 2.05) is 13.0 Å². The molecule has 1 aromatic rings. The number of hydrogen-bond acceptors (Lipinski definition) is 5. The van der Waals surface area contributed by atoms with E-state index in [1.165, 1.54) is 0 Å². The van der Waals surface area contributed by atoms with Gasteiger partial charge in [-0.25, -0.2) is 9.97 Å². The number of nitrogens with zero attached hydrogens (tertiary/aromatic N) is 5. The summed E-state index contributed by atoms with van der Waals surface area (Å²) < 4.78 is 0. The van der Waals surface area contributed by atoms with Crippen LogP contribution in [0.25, 0.3) is 0 Å². The normalized spacial score (nSPS) is 17.2. The third-order valence-corrected chi connectivity index (χ3v) is 3.55. The SMILES string of the molecule is Cc1nc(Cl)cc(N2CCN(CCN(C)C)CC2)n1. The van der Waals surface area contributed by atoms with E-state index in [2.05, 4.69) is 38.8 Å². The highest BCUT2D eigenvalue weighted by Crippen LogP contribution is 2.17. The Morgan fingerprint density at radius 1 is 1.21 bits per heavy atom. The van der Waals surface area contributed by atoms with Crippen LogP contribution in [0.1, 0.15) is 5.82 Å². The van der Waals surface area contributed by atoms with Crippen LogP contribution in [0.4, 0.5) is 5.82 Å². The monoisotopic (exact) mass is 283 g/mol. The number of halogens is 1. The molecule has 0 spiro atoms. The highest BCUT2D eigenvalue weighted by Gasteiger charge is 2.18. The van der Waals surface area contributed by atoms with Crippen molar-refractivity contribution < 1.29 is 0 Å². The lowest BCUT2D eigenvalue weighted by atomic mass is 10.3. The van der Waals surface area contributed by atoms with Gasteiger partial charge in [0.05, 0.1) is 0 Å². The van der Waals surface area contributed by atoms with E-state index < -0.39 is 0 Å². The van der Waals surface area contributed by atoms with E-state index in [0.29, 0.717) is 5.15 Å². The number of hydrogen-bond donors (Lipinski definition) is 0. The molecule has 0 radical (unpaired) electrons. The number of aryl methyl sites for hydroxylation is 1. The van der Waals surface area contributed by atoms with Crippen LogP contribution in [0.15, 0.2) is 6.07 Å². The maximum Gasteiger partial charge on any atom is 0.134 e. The zero-order valence-corrected chi connectivity index (χ0v) is 12.7. The van der Waals surface area contributed by atoms with Crippen LogP contribution in [0.2, 0.25) is 5.15 Å². The molecule has 19 heavy (non-hydrogen) atoms. The lowest BCUT2D eigenvalue weighted by Crippen LogP contribution is -2.48. The molecule has 0 amide bonds. The predicted octanol–water partition coefficient (Wildman–Crippen LogP) is 1.12. The van der Waals surface area contributed by atoms with Gasteiger partial charge in [0.1, 0.15) is 16.8 Å². The topological polar surface area (TPSA) is 35.5 Å². The highest BCUT2D eigenvalue weighted by molar-refractivity contribution is 6.29. The molecular formula is C13H22ClN5. The first-order chi connectivity index (χ1) is 9.04. The largest absolute Gasteiger partial charge is 0.354 e. The van der Waals surface area contributed by atoms with Crippen LogP contribution >= 0.6 is 11.6 Å². The van der Waals surface area contributed by atoms with Gasteiger partial charge in [-0.2, -0.15) is 0 Å². The molecule has 1 saturated heterocycles. The minimum Gasteiger partial charge on any atom is -0.354 e. The van der Waals surface area contributed by atoms with Crippen molar-refractivity contribution in [2.45, 2.75) is 6.92 Å². The van der Waals surface area contributed by atoms with Crippen LogP contribution in [0.5, 0.6) is 0 Å². The third kappa shape index (κ3) is 4.30. The second-order valence-corrected chi connectivity index (χ2v) is 5.62. The fourth-order valence-corrected chi connectivity index (χ4v) is 2.44. The van der Waals surface area contributed by atoms with Crippen molar-refractivity contribution in [1.29, 1.82) is 0 Å². The Bertz CT molecular complexity index is 395. The summed E-state index contributed by atoms with van der Waals surface area (Å²) >= 11 is 5.99. The lowest BCUT2D eigenvalue weighted by molar-refractivity contribution is 0.229. The molecule has 0 aromatic carbocycles. The van der Waals surface area contributed by atoms with Gasteiger partial charge in [0.2, 0.25) is 0 Å². The Hall–Kier alpha value is -0.910. The van der Waals surface area contributed by atoms with Gasteiger partial charge in [-0.05, 0) is 21.0 Å². The minimum atomic E-state index is 0.525. The van der Waals surface area contributed by atoms with E-state index in [0.717, 1.165) is 50.9 Å². The standard InChI is InChI=1S/C13H22ClN5/c1-11-15-12(14)10-13(16-11)19-8-6-18(7-9-19)5-4-17(2)3/h10H,4-9H2,1-3H3. The minimum absolute atomic E-state index is 0.525. The third-order valence-electron chi connectivity index (χ3n) is 3.35. The van der Waals surface area contributed by atoms with Crippen LogP contribution in [-0.2, 0) is 0 Å². The predicted molar refractivity (Wildman–Crippen MR) is 79.0 cm³/mol. The molecule has 0 N–H and O–H groups in total. The molecule has 5 nitrogen and oxygen atoms in total. The summed E-state index contributed by atoms with van der Waals surface area (Å²) in [6.07, 6.45) is 0. The molecule has 0 aliphatic carbocycles. The molecule has 1 aliphatic rings. The van der Waals surface area contributed by atoms with E-state index >= 15 is 0 Å². The average molecular weight is 284 g/mol. The first-order valence-corrected chi connectivity index (χ1v) is 7.05. The maximum atomic E-state index is 5.99. The van der Waals surface area contributed by atoms with Crippen molar-refractivity contribution >= 4 is 17.4 Å². The van der Waals surface area contributed by atoms with E-state index in [9.17, 15) is 0 Å². The van der Waals surface area contributed by atoms with Crippen LogP contribution in [0, 0.1) is 6.92 Å². The molecule has 1 aromatic heterocycles. The van der Waals surface area contributed by atoms with Gasteiger partial charge in [0.25, 0.3) is 0 Å². The summed E-state index contributed by atoms with van der Waals surface area (Å²) in [6.45, 7) is 8.27. The van der Waals surface area contributed by atoms with Gasteiger partial charge in [0, 0.05) is 45.3 Å². The van der Waals surface area contributed by atoms with Crippen LogP contribution in [0.3, 0.4) is 0 Å². The Kier molecular flexibility index (Phi) is 4.96. The Labute approximate surface area is 120 Å². The molecule has 6 heteroatoms. The molecule has 106 valence electrons. The van der Waals surface area contributed by atoms with Gasteiger partial charge in [-0.1, -0.05) is 11.6 Å². The first kappa shape index (κ1) is 14.5. The summed E-state index contributed by atoms with van der Waals surface area (Å²) in [5.74, 6) is 1.68. The zero-order valence-electron chi connectivity index (χ0n) is 11.9. The second kappa shape index (κ2) is 6.50. The summed E-state index contributed by atoms with van der Waals surface area (Å²) in [6, 6.07) is 1.85. The van der Waals surface area contributed by atoms with Gasteiger partial charge >= 0.3 is 0 Å². The van der Waals surface area contributed by atoms with Crippen molar-refractivity contribution in [1.82, 2.24) is 19.8 Å². The van der Waals surface area contributed by atoms with Gasteiger partial charge in [0.15, 0.2) is 0 Å². The van der Waals surface area contributed by atoms with E-state index in [4.69, 9.17) is 11.6 Å². The number of rotatable bonds is 4. The van der Waals surface area contributed by atoms with Crippen molar-refractivity contribution in [2.75, 3.05) is 58.3 Å². The Morgan fingerprint density at radius 2 is 1.89 bits per heavy atom. The van der Waals surface area contributed by atoms with Gasteiger partial charge in [-0.3, -0.25) is 4.90 Å². The maximum absolute atomic E-state index is 5.99. The number of likely N-dealkylation sites (N-methyl/N-ethyl adjacent to an activating group) is 1. The molecule has 1 aliphatic heterocycles. The van der Waals surface area contributed by atoms with Crippen LogP contribution in [-0.4, -0.2) is 73.1 Å². The van der Waals surface area contributed by atoms with Crippen molar-refractivity contribution in [3.05, 3.63) is 17.0 Å². The summed E-state index contributed by atoms with van der Waals surface area (Å²) in [5, 5.41) is 0.525. The average Bonchev–Trinajstić information content (AvgIpc) is 2.36. The van der Waals surface area contributed by atoms with Gasteiger partial charge in [-0.15, -0.1) is 0 Å².